The highest BCUT2D eigenvalue weighted by atomic mass is 16.1. The average Bonchev–Trinajstić information content (AvgIpc) is 2.60. The SMILES string of the molecule is Cc1ccccc1CN/C=C(/C#N)C(=O)Nc1ccccc1C(C)C. The smallest absolute Gasteiger partial charge is 0.267 e. The molecule has 0 fully saturated rings. The van der Waals surface area contributed by atoms with E-state index in [1.807, 2.05) is 61.5 Å². The molecule has 4 nitrogen and oxygen atoms in total. The molecule has 0 heterocycles. The second-order valence-corrected chi connectivity index (χ2v) is 6.17. The van der Waals surface area contributed by atoms with Crippen molar-refractivity contribution in [3.8, 4) is 6.07 Å². The quantitative estimate of drug-likeness (QED) is 0.613. The van der Waals surface area contributed by atoms with Gasteiger partial charge in [-0.25, -0.2) is 0 Å². The van der Waals surface area contributed by atoms with Gasteiger partial charge in [-0.3, -0.25) is 4.79 Å². The Morgan fingerprint density at radius 3 is 2.52 bits per heavy atom. The molecule has 0 aliphatic rings. The molecule has 0 aliphatic carbocycles. The maximum Gasteiger partial charge on any atom is 0.267 e. The van der Waals surface area contributed by atoms with Crippen molar-refractivity contribution in [3.63, 3.8) is 0 Å². The summed E-state index contributed by atoms with van der Waals surface area (Å²) in [6.07, 6.45) is 1.47. The maximum absolute atomic E-state index is 12.4. The Balaban J connectivity index is 2.06. The van der Waals surface area contributed by atoms with Crippen LogP contribution >= 0.6 is 0 Å². The van der Waals surface area contributed by atoms with Crippen LogP contribution in [0, 0.1) is 18.3 Å². The number of benzene rings is 2. The van der Waals surface area contributed by atoms with E-state index in [-0.39, 0.29) is 11.5 Å². The van der Waals surface area contributed by atoms with Gasteiger partial charge in [-0.2, -0.15) is 5.26 Å². The van der Waals surface area contributed by atoms with Gasteiger partial charge in [0, 0.05) is 18.4 Å². The summed E-state index contributed by atoms with van der Waals surface area (Å²) in [6, 6.07) is 17.6. The van der Waals surface area contributed by atoms with Gasteiger partial charge in [0.1, 0.15) is 11.6 Å². The summed E-state index contributed by atoms with van der Waals surface area (Å²) in [7, 11) is 0. The third-order valence-corrected chi connectivity index (χ3v) is 4.00. The predicted octanol–water partition coefficient (Wildman–Crippen LogP) is 4.25. The Bertz CT molecular complexity index is 816. The molecule has 2 aromatic carbocycles. The Hall–Kier alpha value is -3.06. The normalized spacial score (nSPS) is 11.1. The van der Waals surface area contributed by atoms with Gasteiger partial charge in [-0.15, -0.1) is 0 Å². The first-order chi connectivity index (χ1) is 12.0. The van der Waals surface area contributed by atoms with Crippen molar-refractivity contribution >= 4 is 11.6 Å². The predicted molar refractivity (Wildman–Crippen MR) is 101 cm³/mol. The van der Waals surface area contributed by atoms with E-state index in [4.69, 9.17) is 0 Å². The first-order valence-electron chi connectivity index (χ1n) is 8.31. The monoisotopic (exact) mass is 333 g/mol. The molecule has 1 amide bonds. The van der Waals surface area contributed by atoms with Crippen molar-refractivity contribution in [1.29, 1.82) is 5.26 Å². The minimum Gasteiger partial charge on any atom is -0.386 e. The van der Waals surface area contributed by atoms with Crippen LogP contribution in [0.25, 0.3) is 0 Å². The van der Waals surface area contributed by atoms with Crippen LogP contribution < -0.4 is 10.6 Å². The molecule has 0 spiro atoms. The third kappa shape index (κ3) is 4.95. The molecule has 4 heteroatoms. The average molecular weight is 333 g/mol. The van der Waals surface area contributed by atoms with Crippen molar-refractivity contribution in [1.82, 2.24) is 5.32 Å². The van der Waals surface area contributed by atoms with E-state index in [0.717, 1.165) is 22.4 Å². The van der Waals surface area contributed by atoms with E-state index in [1.165, 1.54) is 6.20 Å². The molecular weight excluding hydrogens is 310 g/mol. The number of hydrogen-bond donors (Lipinski definition) is 2. The standard InChI is InChI=1S/C21H23N3O/c1-15(2)19-10-6-7-11-20(19)24-21(25)18(12-22)14-23-13-17-9-5-4-8-16(17)3/h4-11,14-15,23H,13H2,1-3H3,(H,24,25)/b18-14-. The van der Waals surface area contributed by atoms with Crippen molar-refractivity contribution in [2.24, 2.45) is 0 Å². The van der Waals surface area contributed by atoms with Crippen LogP contribution in [-0.4, -0.2) is 5.91 Å². The highest BCUT2D eigenvalue weighted by molar-refractivity contribution is 6.06. The summed E-state index contributed by atoms with van der Waals surface area (Å²) in [5.74, 6) is -0.127. The van der Waals surface area contributed by atoms with Crippen LogP contribution in [0.2, 0.25) is 0 Å². The minimum absolute atomic E-state index is 0.0483. The van der Waals surface area contributed by atoms with E-state index in [0.29, 0.717) is 6.54 Å². The number of nitrogens with one attached hydrogen (secondary N) is 2. The fourth-order valence-electron chi connectivity index (χ4n) is 2.52. The molecule has 0 unspecified atom stereocenters. The number of nitriles is 1. The van der Waals surface area contributed by atoms with Gasteiger partial charge in [0.05, 0.1) is 0 Å². The van der Waals surface area contributed by atoms with Gasteiger partial charge in [0.25, 0.3) is 5.91 Å². The van der Waals surface area contributed by atoms with Crippen LogP contribution in [0.5, 0.6) is 0 Å². The summed E-state index contributed by atoms with van der Waals surface area (Å²) in [5, 5.41) is 15.2. The zero-order chi connectivity index (χ0) is 18.2. The third-order valence-electron chi connectivity index (χ3n) is 4.00. The summed E-state index contributed by atoms with van der Waals surface area (Å²) < 4.78 is 0. The molecule has 2 aromatic rings. The molecule has 0 radical (unpaired) electrons. The number of carbonyl (C=O) groups excluding carboxylic acids is 1. The molecule has 0 saturated carbocycles. The largest absolute Gasteiger partial charge is 0.386 e. The Kier molecular flexibility index (Phi) is 6.36. The van der Waals surface area contributed by atoms with Crippen molar-refractivity contribution in [3.05, 3.63) is 77.0 Å². The Morgan fingerprint density at radius 2 is 1.84 bits per heavy atom. The van der Waals surface area contributed by atoms with E-state index < -0.39 is 5.91 Å². The lowest BCUT2D eigenvalue weighted by molar-refractivity contribution is -0.112. The van der Waals surface area contributed by atoms with Crippen molar-refractivity contribution < 1.29 is 4.79 Å². The van der Waals surface area contributed by atoms with E-state index in [2.05, 4.69) is 24.5 Å². The lowest BCUT2D eigenvalue weighted by atomic mass is 10.0. The number of nitrogens with zero attached hydrogens (tertiary/aromatic N) is 1. The van der Waals surface area contributed by atoms with Crippen molar-refractivity contribution in [2.45, 2.75) is 33.2 Å². The summed E-state index contributed by atoms with van der Waals surface area (Å²) in [6.45, 7) is 6.72. The Labute approximate surface area is 149 Å². The number of hydrogen-bond acceptors (Lipinski definition) is 3. The highest BCUT2D eigenvalue weighted by Gasteiger charge is 2.12. The number of aryl methyl sites for hydroxylation is 1. The fourth-order valence-corrected chi connectivity index (χ4v) is 2.52. The number of rotatable bonds is 6. The summed E-state index contributed by atoms with van der Waals surface area (Å²) in [4.78, 5) is 12.4. The maximum atomic E-state index is 12.4. The van der Waals surface area contributed by atoms with Crippen LogP contribution in [0.4, 0.5) is 5.69 Å². The fraction of sp³-hybridized carbons (Fsp3) is 0.238. The van der Waals surface area contributed by atoms with Crippen LogP contribution in [0.3, 0.4) is 0 Å². The van der Waals surface area contributed by atoms with E-state index in [1.54, 1.807) is 0 Å². The first kappa shape index (κ1) is 18.3. The van der Waals surface area contributed by atoms with Gasteiger partial charge in [0.2, 0.25) is 0 Å². The molecule has 2 rings (SSSR count). The lowest BCUT2D eigenvalue weighted by Crippen LogP contribution is -2.17. The van der Waals surface area contributed by atoms with Crippen molar-refractivity contribution in [2.75, 3.05) is 5.32 Å². The van der Waals surface area contributed by atoms with Gasteiger partial charge in [0.15, 0.2) is 0 Å². The molecule has 25 heavy (non-hydrogen) atoms. The van der Waals surface area contributed by atoms with E-state index >= 15 is 0 Å². The number of carbonyl (C=O) groups is 1. The van der Waals surface area contributed by atoms with Gasteiger partial charge in [-0.1, -0.05) is 56.3 Å². The first-order valence-corrected chi connectivity index (χ1v) is 8.31. The number of amides is 1. The zero-order valence-electron chi connectivity index (χ0n) is 14.8. The highest BCUT2D eigenvalue weighted by Crippen LogP contribution is 2.24. The van der Waals surface area contributed by atoms with Gasteiger partial charge in [-0.05, 0) is 35.6 Å². The molecule has 0 aliphatic heterocycles. The molecule has 0 atom stereocenters. The summed E-state index contributed by atoms with van der Waals surface area (Å²) >= 11 is 0. The zero-order valence-corrected chi connectivity index (χ0v) is 14.8. The van der Waals surface area contributed by atoms with Crippen LogP contribution in [0.15, 0.2) is 60.3 Å². The Morgan fingerprint density at radius 1 is 1.16 bits per heavy atom. The van der Waals surface area contributed by atoms with E-state index in [9.17, 15) is 10.1 Å². The molecule has 0 aromatic heterocycles. The van der Waals surface area contributed by atoms with Gasteiger partial charge >= 0.3 is 0 Å². The second kappa shape index (κ2) is 8.70. The number of para-hydroxylation sites is 1. The van der Waals surface area contributed by atoms with Gasteiger partial charge < -0.3 is 10.6 Å². The molecule has 0 bridgehead atoms. The molecule has 0 saturated heterocycles. The molecule has 128 valence electrons. The molecule has 2 N–H and O–H groups in total. The molecular formula is C21H23N3O. The topological polar surface area (TPSA) is 64.9 Å². The minimum atomic E-state index is -0.409. The van der Waals surface area contributed by atoms with Crippen LogP contribution in [-0.2, 0) is 11.3 Å². The second-order valence-electron chi connectivity index (χ2n) is 6.17. The lowest BCUT2D eigenvalue weighted by Gasteiger charge is -2.13. The summed E-state index contributed by atoms with van der Waals surface area (Å²) in [5.41, 5.74) is 4.12. The number of anilines is 1. The van der Waals surface area contributed by atoms with Crippen LogP contribution in [0.1, 0.15) is 36.5 Å².